The molecule has 2 amide bonds. The van der Waals surface area contributed by atoms with Gasteiger partial charge in [-0.15, -0.1) is 0 Å². The average molecular weight is 499 g/mol. The number of nitrogens with zero attached hydrogens (tertiary/aromatic N) is 1. The van der Waals surface area contributed by atoms with Gasteiger partial charge in [0.25, 0.3) is 11.8 Å². The number of halogens is 2. The number of methoxy groups -OCH3 is 3. The van der Waals surface area contributed by atoms with Gasteiger partial charge in [0.05, 0.1) is 36.8 Å². The van der Waals surface area contributed by atoms with E-state index < -0.39 is 11.8 Å². The van der Waals surface area contributed by atoms with Crippen LogP contribution in [0.2, 0.25) is 10.0 Å². The molecule has 0 aliphatic carbocycles. The molecule has 0 bridgehead atoms. The summed E-state index contributed by atoms with van der Waals surface area (Å²) in [6, 6.07) is 7.81. The average Bonchev–Trinajstić information content (AvgIpc) is 3.00. The smallest absolute Gasteiger partial charge is 0.285 e. The van der Waals surface area contributed by atoms with Crippen LogP contribution in [-0.4, -0.2) is 42.5 Å². The number of thioether (sulfide) groups is 1. The van der Waals surface area contributed by atoms with Gasteiger partial charge in [0.2, 0.25) is 5.75 Å². The van der Waals surface area contributed by atoms with Crippen LogP contribution in [0.3, 0.4) is 0 Å². The van der Waals surface area contributed by atoms with Crippen LogP contribution < -0.4 is 19.6 Å². The summed E-state index contributed by atoms with van der Waals surface area (Å²) in [5.41, 5.74) is 3.27. The first-order valence-corrected chi connectivity index (χ1v) is 10.6. The summed E-state index contributed by atoms with van der Waals surface area (Å²) in [4.78, 5) is 25.7. The second-order valence-corrected chi connectivity index (χ2v) is 8.56. The molecule has 1 heterocycles. The molecule has 1 N–H and O–H groups in total. The van der Waals surface area contributed by atoms with E-state index in [4.69, 9.17) is 49.6 Å². The number of hydrogen-bond acceptors (Lipinski definition) is 7. The van der Waals surface area contributed by atoms with Gasteiger partial charge < -0.3 is 14.2 Å². The van der Waals surface area contributed by atoms with Gasteiger partial charge in [0, 0.05) is 5.02 Å². The van der Waals surface area contributed by atoms with Gasteiger partial charge in [-0.1, -0.05) is 35.0 Å². The number of hydrogen-bond donors (Lipinski definition) is 1. The largest absolute Gasteiger partial charge is 0.493 e. The van der Waals surface area contributed by atoms with Crippen LogP contribution in [0.15, 0.2) is 35.2 Å². The third kappa shape index (κ3) is 4.90. The molecular weight excluding hydrogens is 483 g/mol. The van der Waals surface area contributed by atoms with Crippen molar-refractivity contribution in [1.82, 2.24) is 10.4 Å². The van der Waals surface area contributed by atoms with Gasteiger partial charge >= 0.3 is 0 Å². The van der Waals surface area contributed by atoms with Crippen molar-refractivity contribution >= 4 is 69.4 Å². The number of benzene rings is 2. The van der Waals surface area contributed by atoms with Gasteiger partial charge in [0.15, 0.2) is 15.8 Å². The number of carbonyl (C=O) groups is 2. The fourth-order valence-electron chi connectivity index (χ4n) is 2.74. The van der Waals surface area contributed by atoms with Gasteiger partial charge in [-0.05, 0) is 54.2 Å². The Morgan fingerprint density at radius 3 is 2.29 bits per heavy atom. The third-order valence-corrected chi connectivity index (χ3v) is 6.02. The van der Waals surface area contributed by atoms with Crippen LogP contribution in [-0.2, 0) is 4.79 Å². The summed E-state index contributed by atoms with van der Waals surface area (Å²) in [5, 5.41) is 1.54. The van der Waals surface area contributed by atoms with Crippen molar-refractivity contribution in [3.8, 4) is 17.2 Å². The van der Waals surface area contributed by atoms with Gasteiger partial charge in [-0.3, -0.25) is 15.0 Å². The zero-order valence-corrected chi connectivity index (χ0v) is 19.7. The maximum atomic E-state index is 12.9. The van der Waals surface area contributed by atoms with Crippen LogP contribution in [0.1, 0.15) is 15.9 Å². The molecule has 2 aromatic carbocycles. The Balaban J connectivity index is 1.86. The summed E-state index contributed by atoms with van der Waals surface area (Å²) in [7, 11) is 4.50. The summed E-state index contributed by atoms with van der Waals surface area (Å²) < 4.78 is 16.1. The molecule has 3 rings (SSSR count). The molecule has 0 unspecified atom stereocenters. The lowest BCUT2D eigenvalue weighted by molar-refractivity contribution is -0.123. The first kappa shape index (κ1) is 23.2. The van der Waals surface area contributed by atoms with E-state index in [-0.39, 0.29) is 14.9 Å². The van der Waals surface area contributed by atoms with Gasteiger partial charge in [0.1, 0.15) is 0 Å². The van der Waals surface area contributed by atoms with E-state index in [1.165, 1.54) is 39.5 Å². The molecule has 31 heavy (non-hydrogen) atoms. The van der Waals surface area contributed by atoms with E-state index >= 15 is 0 Å². The van der Waals surface area contributed by atoms with Crippen molar-refractivity contribution < 1.29 is 23.8 Å². The van der Waals surface area contributed by atoms with Crippen molar-refractivity contribution in [3.63, 3.8) is 0 Å². The highest BCUT2D eigenvalue weighted by atomic mass is 35.5. The van der Waals surface area contributed by atoms with E-state index in [0.717, 1.165) is 16.8 Å². The Bertz CT molecular complexity index is 1080. The van der Waals surface area contributed by atoms with Crippen molar-refractivity contribution in [2.45, 2.75) is 0 Å². The fourth-order valence-corrected chi connectivity index (χ4v) is 4.41. The summed E-state index contributed by atoms with van der Waals surface area (Å²) >= 11 is 18.2. The number of carbonyl (C=O) groups excluding carboxylic acids is 2. The minimum Gasteiger partial charge on any atom is -0.493 e. The minimum atomic E-state index is -0.591. The summed E-state index contributed by atoms with van der Waals surface area (Å²) in [6.45, 7) is 0. The fraction of sp³-hybridized carbons (Fsp3) is 0.150. The van der Waals surface area contributed by atoms with Crippen molar-refractivity contribution in [2.24, 2.45) is 0 Å². The molecule has 1 fully saturated rings. The molecule has 0 atom stereocenters. The number of nitrogens with one attached hydrogen (secondary N) is 1. The first-order valence-electron chi connectivity index (χ1n) is 8.63. The molecule has 0 saturated carbocycles. The monoisotopic (exact) mass is 498 g/mol. The lowest BCUT2D eigenvalue weighted by Gasteiger charge is -2.16. The topological polar surface area (TPSA) is 77.1 Å². The maximum Gasteiger partial charge on any atom is 0.285 e. The minimum absolute atomic E-state index is 0.156. The second-order valence-electron chi connectivity index (χ2n) is 6.04. The highest BCUT2D eigenvalue weighted by Crippen LogP contribution is 2.40. The normalized spacial score (nSPS) is 14.7. The molecule has 1 aliphatic rings. The first-order chi connectivity index (χ1) is 14.8. The third-order valence-electron chi connectivity index (χ3n) is 4.17. The Kier molecular flexibility index (Phi) is 7.32. The number of hydrazine groups is 1. The molecular formula is C20H16Cl2N2O5S2. The Morgan fingerprint density at radius 2 is 1.74 bits per heavy atom. The SMILES string of the molecule is COc1cc(/C=C2/SC(=S)N(NC(=O)c3ccc(Cl)cc3Cl)C2=O)cc(OC)c1OC. The molecule has 2 aromatic rings. The molecule has 7 nitrogen and oxygen atoms in total. The van der Waals surface area contributed by atoms with Crippen molar-refractivity contribution in [1.29, 1.82) is 0 Å². The number of rotatable bonds is 6. The number of ether oxygens (including phenoxy) is 3. The van der Waals surface area contributed by atoms with E-state index in [1.807, 2.05) is 0 Å². The Morgan fingerprint density at radius 1 is 1.10 bits per heavy atom. The van der Waals surface area contributed by atoms with Gasteiger partial charge in [-0.2, -0.15) is 5.01 Å². The number of amides is 2. The predicted octanol–water partition coefficient (Wildman–Crippen LogP) is 4.57. The highest BCUT2D eigenvalue weighted by Gasteiger charge is 2.34. The van der Waals surface area contributed by atoms with Crippen LogP contribution in [0, 0.1) is 0 Å². The number of thiocarbonyl (C=S) groups is 1. The molecule has 1 saturated heterocycles. The zero-order chi connectivity index (χ0) is 22.7. The van der Waals surface area contributed by atoms with Crippen LogP contribution in [0.5, 0.6) is 17.2 Å². The molecule has 0 spiro atoms. The van der Waals surface area contributed by atoms with Crippen LogP contribution in [0.4, 0.5) is 0 Å². The van der Waals surface area contributed by atoms with Crippen LogP contribution in [0.25, 0.3) is 6.08 Å². The predicted molar refractivity (Wildman–Crippen MR) is 125 cm³/mol. The van der Waals surface area contributed by atoms with Crippen molar-refractivity contribution in [3.05, 3.63) is 56.4 Å². The zero-order valence-electron chi connectivity index (χ0n) is 16.5. The van der Waals surface area contributed by atoms with E-state index in [2.05, 4.69) is 5.43 Å². The lowest BCUT2D eigenvalue weighted by Crippen LogP contribution is -2.44. The Hall–Kier alpha value is -2.46. The molecule has 0 radical (unpaired) electrons. The standard InChI is InChI=1S/C20H16Cl2N2O5S2/c1-27-14-6-10(7-15(28-2)17(14)29-3)8-16-19(26)24(20(30)31-16)23-18(25)12-5-4-11(21)9-13(12)22/h4-9H,1-3H3,(H,23,25)/b16-8+. The molecule has 1 aliphatic heterocycles. The Labute approximate surface area is 198 Å². The van der Waals surface area contributed by atoms with Gasteiger partial charge in [-0.25, -0.2) is 0 Å². The summed E-state index contributed by atoms with van der Waals surface area (Å²) in [5.74, 6) is 0.236. The van der Waals surface area contributed by atoms with E-state index in [9.17, 15) is 9.59 Å². The van der Waals surface area contributed by atoms with Crippen molar-refractivity contribution in [2.75, 3.05) is 21.3 Å². The van der Waals surface area contributed by atoms with Crippen LogP contribution >= 0.6 is 47.2 Å². The quantitative estimate of drug-likeness (QED) is 0.461. The highest BCUT2D eigenvalue weighted by molar-refractivity contribution is 8.26. The molecule has 162 valence electrons. The second kappa shape index (κ2) is 9.78. The molecule has 0 aromatic heterocycles. The van der Waals surface area contributed by atoms with E-state index in [0.29, 0.717) is 32.7 Å². The molecule has 11 heteroatoms. The van der Waals surface area contributed by atoms with E-state index in [1.54, 1.807) is 18.2 Å². The lowest BCUT2D eigenvalue weighted by atomic mass is 10.1. The summed E-state index contributed by atoms with van der Waals surface area (Å²) in [6.07, 6.45) is 1.62. The maximum absolute atomic E-state index is 12.9.